The summed E-state index contributed by atoms with van der Waals surface area (Å²) in [5.41, 5.74) is 3.66. The summed E-state index contributed by atoms with van der Waals surface area (Å²) in [7, 11) is 3.20. The van der Waals surface area contributed by atoms with E-state index in [1.807, 2.05) is 60.7 Å². The zero-order valence-electron chi connectivity index (χ0n) is 20.6. The molecule has 0 saturated heterocycles. The van der Waals surface area contributed by atoms with Crippen LogP contribution in [0.5, 0.6) is 11.5 Å². The molecule has 0 N–H and O–H groups in total. The molecule has 0 bridgehead atoms. The van der Waals surface area contributed by atoms with Crippen LogP contribution in [0.1, 0.15) is 16.9 Å². The van der Waals surface area contributed by atoms with Gasteiger partial charge in [0.15, 0.2) is 0 Å². The molecular weight excluding hydrogens is 478 g/mol. The minimum Gasteiger partial charge on any atom is -0.497 e. The monoisotopic (exact) mass is 499 g/mol. The number of rotatable bonds is 7. The Morgan fingerprint density at radius 3 is 2.03 bits per heavy atom. The number of methoxy groups -OCH3 is 2. The fourth-order valence-electron chi connectivity index (χ4n) is 4.08. The van der Waals surface area contributed by atoms with Crippen LogP contribution in [-0.4, -0.2) is 20.4 Å². The first-order valence-electron chi connectivity index (χ1n) is 11.6. The summed E-state index contributed by atoms with van der Waals surface area (Å²) >= 11 is 0. The molecule has 0 amide bonds. The second-order valence-corrected chi connectivity index (χ2v) is 8.17. The first-order valence-corrected chi connectivity index (χ1v) is 11.6. The Kier molecular flexibility index (Phi) is 6.75. The Morgan fingerprint density at radius 2 is 1.39 bits per heavy atom. The third kappa shape index (κ3) is 4.65. The summed E-state index contributed by atoms with van der Waals surface area (Å²) in [4.78, 5) is 4.47. The normalized spacial score (nSPS) is 10.7. The summed E-state index contributed by atoms with van der Waals surface area (Å²) in [6.45, 7) is 0. The highest BCUT2D eigenvalue weighted by Crippen LogP contribution is 2.43. The van der Waals surface area contributed by atoms with Crippen LogP contribution in [0.4, 0.5) is 5.88 Å². The van der Waals surface area contributed by atoms with E-state index in [1.54, 1.807) is 38.5 Å². The van der Waals surface area contributed by atoms with Gasteiger partial charge in [-0.15, -0.1) is 0 Å². The summed E-state index contributed by atoms with van der Waals surface area (Å²) in [5, 5.41) is 19.5. The van der Waals surface area contributed by atoms with E-state index in [-0.39, 0.29) is 5.88 Å². The van der Waals surface area contributed by atoms with Gasteiger partial charge in [0, 0.05) is 16.7 Å². The largest absolute Gasteiger partial charge is 0.497 e. The summed E-state index contributed by atoms with van der Waals surface area (Å²) < 4.78 is 22.7. The molecule has 0 radical (unpaired) electrons. The van der Waals surface area contributed by atoms with Crippen molar-refractivity contribution in [1.29, 1.82) is 10.5 Å². The molecule has 2 aromatic heterocycles. The molecule has 0 aliphatic carbocycles. The zero-order valence-corrected chi connectivity index (χ0v) is 20.6. The van der Waals surface area contributed by atoms with E-state index in [0.29, 0.717) is 51.0 Å². The highest BCUT2D eigenvalue weighted by Gasteiger charge is 2.23. The number of furan rings is 2. The van der Waals surface area contributed by atoms with Gasteiger partial charge < -0.3 is 18.3 Å². The van der Waals surface area contributed by atoms with Gasteiger partial charge in [-0.3, -0.25) is 0 Å². The fraction of sp³-hybridized carbons (Fsp3) is 0.0645. The molecule has 3 aromatic carbocycles. The minimum absolute atomic E-state index is 0.152. The maximum atomic E-state index is 10.1. The molecule has 5 rings (SSSR count). The molecule has 0 unspecified atom stereocenters. The van der Waals surface area contributed by atoms with Crippen LogP contribution in [0.2, 0.25) is 0 Å². The van der Waals surface area contributed by atoms with Crippen molar-refractivity contribution in [3.8, 4) is 57.4 Å². The molecule has 0 atom stereocenters. The average molecular weight is 500 g/mol. The molecule has 7 nitrogen and oxygen atoms in total. The molecule has 0 aliphatic heterocycles. The van der Waals surface area contributed by atoms with Crippen molar-refractivity contribution < 1.29 is 18.3 Å². The van der Waals surface area contributed by atoms with Gasteiger partial charge in [0.25, 0.3) is 0 Å². The van der Waals surface area contributed by atoms with Gasteiger partial charge >= 0.3 is 0 Å². The molecule has 5 aromatic rings. The van der Waals surface area contributed by atoms with Gasteiger partial charge in [-0.1, -0.05) is 24.3 Å². The van der Waals surface area contributed by atoms with E-state index >= 15 is 0 Å². The van der Waals surface area contributed by atoms with E-state index in [0.717, 1.165) is 11.1 Å². The van der Waals surface area contributed by atoms with Gasteiger partial charge in [-0.05, 0) is 66.2 Å². The lowest BCUT2D eigenvalue weighted by Gasteiger charge is -2.06. The van der Waals surface area contributed by atoms with Crippen molar-refractivity contribution in [3.05, 3.63) is 102 Å². The highest BCUT2D eigenvalue weighted by molar-refractivity contribution is 5.89. The van der Waals surface area contributed by atoms with E-state index in [9.17, 15) is 10.5 Å². The Hall–Kier alpha value is -5.53. The average Bonchev–Trinajstić information content (AvgIpc) is 3.60. The van der Waals surface area contributed by atoms with Crippen molar-refractivity contribution in [2.24, 2.45) is 4.99 Å². The van der Waals surface area contributed by atoms with Crippen molar-refractivity contribution >= 4 is 12.1 Å². The molecule has 0 spiro atoms. The van der Waals surface area contributed by atoms with Gasteiger partial charge in [0.1, 0.15) is 40.4 Å². The summed E-state index contributed by atoms with van der Waals surface area (Å²) in [6, 6.07) is 29.9. The lowest BCUT2D eigenvalue weighted by atomic mass is 9.98. The highest BCUT2D eigenvalue weighted by atomic mass is 16.5. The Balaban J connectivity index is 1.57. The lowest BCUT2D eigenvalue weighted by Crippen LogP contribution is -1.86. The van der Waals surface area contributed by atoms with Crippen molar-refractivity contribution in [3.63, 3.8) is 0 Å². The van der Waals surface area contributed by atoms with Crippen LogP contribution in [-0.2, 0) is 0 Å². The quantitative estimate of drug-likeness (QED) is 0.216. The predicted molar refractivity (Wildman–Crippen MR) is 144 cm³/mol. The minimum atomic E-state index is 0.152. The molecule has 38 heavy (non-hydrogen) atoms. The molecule has 7 heteroatoms. The Labute approximate surface area is 219 Å². The van der Waals surface area contributed by atoms with Crippen LogP contribution in [0, 0.1) is 22.7 Å². The van der Waals surface area contributed by atoms with E-state index < -0.39 is 0 Å². The number of benzene rings is 3. The first kappa shape index (κ1) is 24.2. The van der Waals surface area contributed by atoms with E-state index in [4.69, 9.17) is 18.3 Å². The van der Waals surface area contributed by atoms with Crippen LogP contribution in [0.3, 0.4) is 0 Å². The van der Waals surface area contributed by atoms with Crippen LogP contribution in [0.25, 0.3) is 33.8 Å². The number of hydrogen-bond donors (Lipinski definition) is 0. The van der Waals surface area contributed by atoms with Crippen LogP contribution in [0.15, 0.2) is 98.8 Å². The summed E-state index contributed by atoms with van der Waals surface area (Å²) in [5.74, 6) is 3.05. The number of hydrogen-bond acceptors (Lipinski definition) is 7. The lowest BCUT2D eigenvalue weighted by molar-refractivity contribution is 0.414. The molecule has 0 saturated carbocycles. The standard InChI is InChI=1S/C31H21N3O4/c1-35-23-11-7-20(8-12-23)29-27(18-33)31(38-30(29)21-9-13-24(36-2)14-10-21)34-19-25-15-16-28(37-25)26-6-4-3-5-22(26)17-32/h3-16,19H,1-2H3. The third-order valence-electron chi connectivity index (χ3n) is 5.98. The first-order chi connectivity index (χ1) is 18.6. The Bertz CT molecular complexity index is 1700. The summed E-state index contributed by atoms with van der Waals surface area (Å²) in [6.07, 6.45) is 1.49. The number of ether oxygens (including phenoxy) is 2. The van der Waals surface area contributed by atoms with Crippen molar-refractivity contribution in [1.82, 2.24) is 0 Å². The number of aliphatic imine (C=N–C) groups is 1. The van der Waals surface area contributed by atoms with Gasteiger partial charge in [0.05, 0.1) is 32.1 Å². The Morgan fingerprint density at radius 1 is 0.737 bits per heavy atom. The molecular formula is C31H21N3O4. The van der Waals surface area contributed by atoms with Crippen molar-refractivity contribution in [2.75, 3.05) is 14.2 Å². The second-order valence-electron chi connectivity index (χ2n) is 8.17. The van der Waals surface area contributed by atoms with E-state index in [2.05, 4.69) is 17.1 Å². The molecule has 184 valence electrons. The van der Waals surface area contributed by atoms with Gasteiger partial charge in [-0.2, -0.15) is 10.5 Å². The molecule has 0 aliphatic rings. The molecule has 0 fully saturated rings. The maximum Gasteiger partial charge on any atom is 0.238 e. The molecule has 2 heterocycles. The number of nitriles is 2. The number of nitrogens with zero attached hydrogens (tertiary/aromatic N) is 3. The van der Waals surface area contributed by atoms with Gasteiger partial charge in [0.2, 0.25) is 5.88 Å². The van der Waals surface area contributed by atoms with Crippen LogP contribution >= 0.6 is 0 Å². The topological polar surface area (TPSA) is 105 Å². The van der Waals surface area contributed by atoms with Crippen molar-refractivity contribution in [2.45, 2.75) is 0 Å². The zero-order chi connectivity index (χ0) is 26.5. The smallest absolute Gasteiger partial charge is 0.238 e. The SMILES string of the molecule is COc1ccc(-c2oc(N=Cc3ccc(-c4ccccc4C#N)o3)c(C#N)c2-c2ccc(OC)cc2)cc1. The third-order valence-corrected chi connectivity index (χ3v) is 5.98. The fourth-order valence-corrected chi connectivity index (χ4v) is 4.08. The van der Waals surface area contributed by atoms with Gasteiger partial charge in [-0.25, -0.2) is 4.99 Å². The van der Waals surface area contributed by atoms with E-state index in [1.165, 1.54) is 6.21 Å². The predicted octanol–water partition coefficient (Wildman–Crippen LogP) is 7.38. The van der Waals surface area contributed by atoms with Crippen LogP contribution < -0.4 is 9.47 Å². The second kappa shape index (κ2) is 10.6. The maximum absolute atomic E-state index is 10.1.